The van der Waals surface area contributed by atoms with E-state index in [1.54, 1.807) is 0 Å². The minimum Gasteiger partial charge on any atom is -0.379 e. The Bertz CT molecular complexity index is 775. The number of nitrogens with one attached hydrogen (secondary N) is 2. The summed E-state index contributed by atoms with van der Waals surface area (Å²) in [6.07, 6.45) is 0.986. The van der Waals surface area contributed by atoms with Gasteiger partial charge in [0.25, 0.3) is 0 Å². The molecule has 0 amide bonds. The van der Waals surface area contributed by atoms with Gasteiger partial charge in [-0.25, -0.2) is 0 Å². The molecule has 2 aromatic carbocycles. The van der Waals surface area contributed by atoms with Crippen LogP contribution in [0.1, 0.15) is 27.8 Å². The van der Waals surface area contributed by atoms with Crippen LogP contribution in [0.2, 0.25) is 0 Å². The van der Waals surface area contributed by atoms with E-state index in [1.807, 2.05) is 7.05 Å². The van der Waals surface area contributed by atoms with E-state index in [0.717, 1.165) is 58.3 Å². The minimum absolute atomic E-state index is 0.765. The molecule has 0 aromatic heterocycles. The first-order chi connectivity index (χ1) is 14.1. The molecule has 5 heteroatoms. The maximum absolute atomic E-state index is 5.42. The van der Waals surface area contributed by atoms with Gasteiger partial charge in [-0.2, -0.15) is 0 Å². The highest BCUT2D eigenvalue weighted by Gasteiger charge is 2.10. The molecule has 0 spiro atoms. The molecule has 0 unspecified atom stereocenters. The van der Waals surface area contributed by atoms with E-state index in [0.29, 0.717) is 0 Å². The van der Waals surface area contributed by atoms with E-state index in [2.05, 4.69) is 76.8 Å². The molecular weight excluding hydrogens is 360 g/mol. The van der Waals surface area contributed by atoms with Crippen molar-refractivity contribution >= 4 is 5.96 Å². The van der Waals surface area contributed by atoms with Crippen LogP contribution in [-0.4, -0.2) is 50.8 Å². The van der Waals surface area contributed by atoms with Crippen molar-refractivity contribution in [2.45, 2.75) is 33.4 Å². The third-order valence-corrected chi connectivity index (χ3v) is 5.20. The second-order valence-electron chi connectivity index (χ2n) is 7.80. The quantitative estimate of drug-likeness (QED) is 0.560. The molecule has 0 radical (unpaired) electrons. The van der Waals surface area contributed by atoms with Crippen molar-refractivity contribution in [2.24, 2.45) is 4.99 Å². The second-order valence-corrected chi connectivity index (χ2v) is 7.80. The maximum Gasteiger partial charge on any atom is 0.191 e. The normalized spacial score (nSPS) is 15.3. The number of guanidine groups is 1. The number of morpholine rings is 1. The Hall–Kier alpha value is -2.37. The first kappa shape index (κ1) is 21.3. The lowest BCUT2D eigenvalue weighted by atomic mass is 10.1. The molecule has 1 saturated heterocycles. The number of hydrogen-bond acceptors (Lipinski definition) is 3. The highest BCUT2D eigenvalue weighted by molar-refractivity contribution is 5.79. The number of nitrogens with zero attached hydrogens (tertiary/aromatic N) is 2. The van der Waals surface area contributed by atoms with Gasteiger partial charge in [0.1, 0.15) is 0 Å². The molecule has 29 heavy (non-hydrogen) atoms. The largest absolute Gasteiger partial charge is 0.379 e. The van der Waals surface area contributed by atoms with Crippen LogP contribution < -0.4 is 10.6 Å². The summed E-state index contributed by atoms with van der Waals surface area (Å²) in [5.41, 5.74) is 6.61. The summed E-state index contributed by atoms with van der Waals surface area (Å²) >= 11 is 0. The average Bonchev–Trinajstić information content (AvgIpc) is 2.72. The summed E-state index contributed by atoms with van der Waals surface area (Å²) in [6.45, 7) is 10.7. The van der Waals surface area contributed by atoms with Crippen molar-refractivity contribution in [3.05, 3.63) is 70.3 Å². The van der Waals surface area contributed by atoms with Gasteiger partial charge in [0.05, 0.1) is 13.2 Å². The molecule has 0 aliphatic carbocycles. The maximum atomic E-state index is 5.42. The van der Waals surface area contributed by atoms with Gasteiger partial charge in [0.2, 0.25) is 0 Å². The Kier molecular flexibility index (Phi) is 8.08. The monoisotopic (exact) mass is 394 g/mol. The van der Waals surface area contributed by atoms with Crippen molar-refractivity contribution in [1.82, 2.24) is 15.5 Å². The Labute approximate surface area is 175 Å². The van der Waals surface area contributed by atoms with Gasteiger partial charge in [-0.3, -0.25) is 9.89 Å². The van der Waals surface area contributed by atoms with Gasteiger partial charge in [-0.1, -0.05) is 53.6 Å². The van der Waals surface area contributed by atoms with Crippen LogP contribution in [0.3, 0.4) is 0 Å². The molecule has 1 aliphatic rings. The van der Waals surface area contributed by atoms with Crippen LogP contribution in [0.5, 0.6) is 0 Å². The zero-order valence-corrected chi connectivity index (χ0v) is 18.0. The molecule has 3 rings (SSSR count). The van der Waals surface area contributed by atoms with Gasteiger partial charge in [-0.15, -0.1) is 0 Å². The smallest absolute Gasteiger partial charge is 0.191 e. The highest BCUT2D eigenvalue weighted by Crippen LogP contribution is 2.10. The molecule has 1 fully saturated rings. The minimum atomic E-state index is 0.765. The zero-order valence-electron chi connectivity index (χ0n) is 18.0. The molecule has 1 heterocycles. The molecule has 156 valence electrons. The highest BCUT2D eigenvalue weighted by atomic mass is 16.5. The summed E-state index contributed by atoms with van der Waals surface area (Å²) in [7, 11) is 1.82. The molecule has 1 aliphatic heterocycles. The molecule has 0 atom stereocenters. The third-order valence-electron chi connectivity index (χ3n) is 5.20. The van der Waals surface area contributed by atoms with Gasteiger partial charge < -0.3 is 15.4 Å². The Balaban J connectivity index is 1.41. The number of benzene rings is 2. The Morgan fingerprint density at radius 1 is 0.931 bits per heavy atom. The van der Waals surface area contributed by atoms with Crippen LogP contribution in [0.4, 0.5) is 0 Å². The predicted molar refractivity (Wildman–Crippen MR) is 120 cm³/mol. The Morgan fingerprint density at radius 2 is 1.59 bits per heavy atom. The van der Waals surface area contributed by atoms with Gasteiger partial charge in [0, 0.05) is 39.8 Å². The van der Waals surface area contributed by atoms with Crippen LogP contribution >= 0.6 is 0 Å². The topological polar surface area (TPSA) is 48.9 Å². The molecule has 5 nitrogen and oxygen atoms in total. The van der Waals surface area contributed by atoms with E-state index in [9.17, 15) is 0 Å². The van der Waals surface area contributed by atoms with E-state index in [1.165, 1.54) is 27.8 Å². The van der Waals surface area contributed by atoms with E-state index >= 15 is 0 Å². The van der Waals surface area contributed by atoms with Crippen molar-refractivity contribution in [1.29, 1.82) is 0 Å². The van der Waals surface area contributed by atoms with Crippen LogP contribution in [0.25, 0.3) is 0 Å². The van der Waals surface area contributed by atoms with Crippen molar-refractivity contribution in [2.75, 3.05) is 39.9 Å². The fourth-order valence-electron chi connectivity index (χ4n) is 3.72. The lowest BCUT2D eigenvalue weighted by Gasteiger charge is -2.26. The third kappa shape index (κ3) is 7.18. The molecule has 0 saturated carbocycles. The molecule has 2 N–H and O–H groups in total. The van der Waals surface area contributed by atoms with Crippen LogP contribution in [0.15, 0.2) is 47.5 Å². The lowest BCUT2D eigenvalue weighted by molar-refractivity contribution is 0.0342. The summed E-state index contributed by atoms with van der Waals surface area (Å²) < 4.78 is 5.42. The van der Waals surface area contributed by atoms with Gasteiger partial charge in [0.15, 0.2) is 5.96 Å². The summed E-state index contributed by atoms with van der Waals surface area (Å²) in [4.78, 5) is 6.78. The summed E-state index contributed by atoms with van der Waals surface area (Å²) in [6, 6.07) is 15.6. The number of hydrogen-bond donors (Lipinski definition) is 2. The first-order valence-corrected chi connectivity index (χ1v) is 10.5. The SMILES string of the molecule is CN=C(NCCc1cc(C)cc(C)c1)NCc1ccc(CN2CCOCC2)cc1. The molecular formula is C24H34N4O. The van der Waals surface area contributed by atoms with E-state index < -0.39 is 0 Å². The van der Waals surface area contributed by atoms with E-state index in [-0.39, 0.29) is 0 Å². The predicted octanol–water partition coefficient (Wildman–Crippen LogP) is 3.04. The fourth-order valence-corrected chi connectivity index (χ4v) is 3.72. The van der Waals surface area contributed by atoms with Crippen molar-refractivity contribution < 1.29 is 4.74 Å². The van der Waals surface area contributed by atoms with Crippen molar-refractivity contribution in [3.8, 4) is 0 Å². The molecule has 0 bridgehead atoms. The van der Waals surface area contributed by atoms with Crippen molar-refractivity contribution in [3.63, 3.8) is 0 Å². The fraction of sp³-hybridized carbons (Fsp3) is 0.458. The number of aliphatic imine (C=N–C) groups is 1. The number of ether oxygens (including phenoxy) is 1. The Morgan fingerprint density at radius 3 is 2.24 bits per heavy atom. The lowest BCUT2D eigenvalue weighted by Crippen LogP contribution is -2.37. The average molecular weight is 395 g/mol. The van der Waals surface area contributed by atoms with E-state index in [4.69, 9.17) is 4.74 Å². The van der Waals surface area contributed by atoms with Gasteiger partial charge in [-0.05, 0) is 37.0 Å². The second kappa shape index (κ2) is 11.0. The summed E-state index contributed by atoms with van der Waals surface area (Å²) in [5.74, 6) is 0.840. The van der Waals surface area contributed by atoms with Crippen LogP contribution in [0, 0.1) is 13.8 Å². The standard InChI is InChI=1S/C24H34N4O/c1-19-14-20(2)16-23(15-19)8-9-26-24(25-3)27-17-21-4-6-22(7-5-21)18-28-10-12-29-13-11-28/h4-7,14-16H,8-13,17-18H2,1-3H3,(H2,25,26,27). The first-order valence-electron chi connectivity index (χ1n) is 10.5. The molecule has 2 aromatic rings. The zero-order chi connectivity index (χ0) is 20.5. The summed E-state index contributed by atoms with van der Waals surface area (Å²) in [5, 5.41) is 6.82. The number of aryl methyl sites for hydroxylation is 2. The van der Waals surface area contributed by atoms with Gasteiger partial charge >= 0.3 is 0 Å². The van der Waals surface area contributed by atoms with Crippen LogP contribution in [-0.2, 0) is 24.2 Å². The number of rotatable bonds is 7.